The number of benzene rings is 1. The highest BCUT2D eigenvalue weighted by Crippen LogP contribution is 2.16. The van der Waals surface area contributed by atoms with Crippen LogP contribution in [-0.2, 0) is 24.8 Å². The maximum absolute atomic E-state index is 12.6. The predicted molar refractivity (Wildman–Crippen MR) is 99.7 cm³/mol. The van der Waals surface area contributed by atoms with E-state index in [1.165, 1.54) is 5.56 Å². The van der Waals surface area contributed by atoms with E-state index in [9.17, 15) is 4.79 Å². The molecule has 1 aromatic heterocycles. The van der Waals surface area contributed by atoms with Crippen molar-refractivity contribution in [1.29, 1.82) is 0 Å². The first-order valence-electron chi connectivity index (χ1n) is 8.67. The fourth-order valence-corrected chi connectivity index (χ4v) is 3.47. The highest BCUT2D eigenvalue weighted by Gasteiger charge is 2.23. The highest BCUT2D eigenvalue weighted by atomic mass is 35.5. The number of amides is 1. The molecule has 5 nitrogen and oxygen atoms in total. The van der Waals surface area contributed by atoms with Crippen molar-refractivity contribution in [1.82, 2.24) is 19.6 Å². The van der Waals surface area contributed by atoms with Gasteiger partial charge in [-0.1, -0.05) is 23.7 Å². The monoisotopic (exact) mass is 360 g/mol. The van der Waals surface area contributed by atoms with Gasteiger partial charge < -0.3 is 4.90 Å². The van der Waals surface area contributed by atoms with Crippen LogP contribution in [0.1, 0.15) is 22.5 Å². The van der Waals surface area contributed by atoms with Crippen LogP contribution in [0.5, 0.6) is 0 Å². The molecule has 1 saturated heterocycles. The number of carbonyl (C=O) groups is 1. The number of nitrogens with zero attached hydrogens (tertiary/aromatic N) is 4. The molecule has 1 fully saturated rings. The fourth-order valence-electron chi connectivity index (χ4n) is 3.34. The van der Waals surface area contributed by atoms with E-state index in [1.54, 1.807) is 0 Å². The summed E-state index contributed by atoms with van der Waals surface area (Å²) in [6, 6.07) is 7.98. The standard InChI is InChI=1S/C19H25ClN4O/c1-14-18(15(2)22(3)21-14)12-19(25)24-10-8-23(9-11-24)13-16-4-6-17(20)7-5-16/h4-7H,8-13H2,1-3H3. The molecule has 0 bridgehead atoms. The lowest BCUT2D eigenvalue weighted by Crippen LogP contribution is -2.48. The van der Waals surface area contributed by atoms with Crippen molar-refractivity contribution in [2.24, 2.45) is 7.05 Å². The van der Waals surface area contributed by atoms with Crippen molar-refractivity contribution >= 4 is 17.5 Å². The Morgan fingerprint density at radius 3 is 2.32 bits per heavy atom. The lowest BCUT2D eigenvalue weighted by Gasteiger charge is -2.35. The second-order valence-corrected chi connectivity index (χ2v) is 7.17. The largest absolute Gasteiger partial charge is 0.340 e. The molecule has 0 aliphatic carbocycles. The van der Waals surface area contributed by atoms with Crippen LogP contribution in [-0.4, -0.2) is 51.7 Å². The summed E-state index contributed by atoms with van der Waals surface area (Å²) in [5.74, 6) is 0.199. The van der Waals surface area contributed by atoms with E-state index in [0.29, 0.717) is 6.42 Å². The lowest BCUT2D eigenvalue weighted by molar-refractivity contribution is -0.132. The molecule has 2 aromatic rings. The van der Waals surface area contributed by atoms with Crippen molar-refractivity contribution in [3.05, 3.63) is 51.8 Å². The molecule has 3 rings (SSSR count). The second kappa shape index (κ2) is 7.58. The molecular weight excluding hydrogens is 336 g/mol. The van der Waals surface area contributed by atoms with Gasteiger partial charge in [-0.2, -0.15) is 5.10 Å². The van der Waals surface area contributed by atoms with Gasteiger partial charge in [-0.25, -0.2) is 0 Å². The van der Waals surface area contributed by atoms with E-state index in [4.69, 9.17) is 11.6 Å². The summed E-state index contributed by atoms with van der Waals surface area (Å²) in [6.45, 7) is 8.26. The smallest absolute Gasteiger partial charge is 0.227 e. The van der Waals surface area contributed by atoms with Crippen molar-refractivity contribution in [2.45, 2.75) is 26.8 Å². The van der Waals surface area contributed by atoms with Crippen LogP contribution < -0.4 is 0 Å². The third-order valence-corrected chi connectivity index (χ3v) is 5.28. The van der Waals surface area contributed by atoms with Crippen molar-refractivity contribution < 1.29 is 4.79 Å². The first-order valence-corrected chi connectivity index (χ1v) is 9.05. The Kier molecular flexibility index (Phi) is 5.45. The quantitative estimate of drug-likeness (QED) is 0.841. The van der Waals surface area contributed by atoms with Gasteiger partial charge in [-0.3, -0.25) is 14.4 Å². The van der Waals surface area contributed by atoms with Crippen molar-refractivity contribution in [2.75, 3.05) is 26.2 Å². The molecule has 1 amide bonds. The summed E-state index contributed by atoms with van der Waals surface area (Å²) in [4.78, 5) is 17.0. The Morgan fingerprint density at radius 1 is 1.12 bits per heavy atom. The maximum atomic E-state index is 12.6. The van der Waals surface area contributed by atoms with Gasteiger partial charge >= 0.3 is 0 Å². The van der Waals surface area contributed by atoms with E-state index >= 15 is 0 Å². The minimum atomic E-state index is 0.199. The molecule has 0 atom stereocenters. The maximum Gasteiger partial charge on any atom is 0.227 e. The van der Waals surface area contributed by atoms with Crippen molar-refractivity contribution in [3.8, 4) is 0 Å². The van der Waals surface area contributed by atoms with Gasteiger partial charge in [0, 0.05) is 56.1 Å². The third-order valence-electron chi connectivity index (χ3n) is 5.03. The number of hydrogen-bond donors (Lipinski definition) is 0. The Balaban J connectivity index is 1.53. The van der Waals surface area contributed by atoms with Crippen LogP contribution in [0.25, 0.3) is 0 Å². The molecule has 0 radical (unpaired) electrons. The number of halogens is 1. The van der Waals surface area contributed by atoms with Crippen LogP contribution in [0, 0.1) is 13.8 Å². The van der Waals surface area contributed by atoms with Gasteiger partial charge in [-0.05, 0) is 31.5 Å². The zero-order valence-electron chi connectivity index (χ0n) is 15.1. The summed E-state index contributed by atoms with van der Waals surface area (Å²) in [5, 5.41) is 5.17. The summed E-state index contributed by atoms with van der Waals surface area (Å²) in [6.07, 6.45) is 0.447. The molecule has 0 spiro atoms. The van der Waals surface area contributed by atoms with Crippen LogP contribution in [0.15, 0.2) is 24.3 Å². The first-order chi connectivity index (χ1) is 11.9. The molecule has 1 aliphatic rings. The summed E-state index contributed by atoms with van der Waals surface area (Å²) in [5.41, 5.74) is 4.35. The van der Waals surface area contributed by atoms with Crippen LogP contribution in [0.3, 0.4) is 0 Å². The zero-order chi connectivity index (χ0) is 18.0. The van der Waals surface area contributed by atoms with Gasteiger partial charge in [0.05, 0.1) is 12.1 Å². The highest BCUT2D eigenvalue weighted by molar-refractivity contribution is 6.30. The topological polar surface area (TPSA) is 41.4 Å². The summed E-state index contributed by atoms with van der Waals surface area (Å²) in [7, 11) is 1.92. The molecule has 2 heterocycles. The van der Waals surface area contributed by atoms with Gasteiger partial charge in [-0.15, -0.1) is 0 Å². The Labute approximate surface area is 154 Å². The number of aryl methyl sites for hydroxylation is 2. The number of carbonyl (C=O) groups excluding carboxylic acids is 1. The molecule has 0 N–H and O–H groups in total. The average Bonchev–Trinajstić information content (AvgIpc) is 2.84. The third kappa shape index (κ3) is 4.22. The zero-order valence-corrected chi connectivity index (χ0v) is 15.9. The predicted octanol–water partition coefficient (Wildman–Crippen LogP) is 2.58. The number of piperazine rings is 1. The van der Waals surface area contributed by atoms with E-state index in [1.807, 2.05) is 42.6 Å². The minimum Gasteiger partial charge on any atom is -0.340 e. The molecule has 134 valence electrons. The van der Waals surface area contributed by atoms with E-state index in [0.717, 1.165) is 54.7 Å². The SMILES string of the molecule is Cc1nn(C)c(C)c1CC(=O)N1CCN(Cc2ccc(Cl)cc2)CC1. The fraction of sp³-hybridized carbons (Fsp3) is 0.474. The minimum absolute atomic E-state index is 0.199. The van der Waals surface area contributed by atoms with Gasteiger partial charge in [0.2, 0.25) is 5.91 Å². The molecule has 0 unspecified atom stereocenters. The molecule has 1 aliphatic heterocycles. The van der Waals surface area contributed by atoms with Crippen molar-refractivity contribution in [3.63, 3.8) is 0 Å². The average molecular weight is 361 g/mol. The molecule has 6 heteroatoms. The Morgan fingerprint density at radius 2 is 1.76 bits per heavy atom. The van der Waals surface area contributed by atoms with Crippen LogP contribution in [0.2, 0.25) is 5.02 Å². The molecule has 1 aromatic carbocycles. The van der Waals surface area contributed by atoms with Gasteiger partial charge in [0.15, 0.2) is 0 Å². The summed E-state index contributed by atoms with van der Waals surface area (Å²) >= 11 is 5.93. The number of aromatic nitrogens is 2. The molecular formula is C19H25ClN4O. The molecule has 25 heavy (non-hydrogen) atoms. The van der Waals surface area contributed by atoms with E-state index in [-0.39, 0.29) is 5.91 Å². The number of rotatable bonds is 4. The summed E-state index contributed by atoms with van der Waals surface area (Å²) < 4.78 is 1.85. The van der Waals surface area contributed by atoms with Gasteiger partial charge in [0.1, 0.15) is 0 Å². The van der Waals surface area contributed by atoms with Gasteiger partial charge in [0.25, 0.3) is 0 Å². The van der Waals surface area contributed by atoms with E-state index < -0.39 is 0 Å². The normalized spacial score (nSPS) is 15.6. The Hall–Kier alpha value is -1.85. The lowest BCUT2D eigenvalue weighted by atomic mass is 10.1. The number of hydrogen-bond acceptors (Lipinski definition) is 3. The van der Waals surface area contributed by atoms with Crippen LogP contribution >= 0.6 is 11.6 Å². The van der Waals surface area contributed by atoms with E-state index in [2.05, 4.69) is 22.1 Å². The molecule has 0 saturated carbocycles. The second-order valence-electron chi connectivity index (χ2n) is 6.73. The first kappa shape index (κ1) is 18.0. The van der Waals surface area contributed by atoms with Crippen LogP contribution in [0.4, 0.5) is 0 Å². The Bertz CT molecular complexity index is 746.